The largest absolute Gasteiger partial charge is 0.488 e. The Kier molecular flexibility index (Phi) is 6.46. The van der Waals surface area contributed by atoms with E-state index in [2.05, 4.69) is 5.32 Å². The first-order valence-electron chi connectivity index (χ1n) is 9.97. The Balaban J connectivity index is 1.41. The van der Waals surface area contributed by atoms with Crippen molar-refractivity contribution in [3.63, 3.8) is 0 Å². The zero-order valence-corrected chi connectivity index (χ0v) is 17.0. The normalized spacial score (nSPS) is 11.7. The smallest absolute Gasteiger partial charge is 0.336 e. The molecule has 4 aromatic rings. The van der Waals surface area contributed by atoms with Crippen LogP contribution >= 0.6 is 0 Å². The summed E-state index contributed by atoms with van der Waals surface area (Å²) in [4.78, 5) is 24.0. The number of rotatable bonds is 8. The van der Waals surface area contributed by atoms with E-state index in [0.717, 1.165) is 10.9 Å². The third kappa shape index (κ3) is 5.31. The van der Waals surface area contributed by atoms with Crippen LogP contribution in [0.15, 0.2) is 94.1 Å². The van der Waals surface area contributed by atoms with E-state index in [4.69, 9.17) is 13.9 Å². The van der Waals surface area contributed by atoms with Crippen LogP contribution in [0.1, 0.15) is 11.6 Å². The van der Waals surface area contributed by atoms with Crippen molar-refractivity contribution in [2.24, 2.45) is 0 Å². The fourth-order valence-electron chi connectivity index (χ4n) is 3.16. The minimum Gasteiger partial charge on any atom is -0.488 e. The van der Waals surface area contributed by atoms with Crippen LogP contribution in [0.3, 0.4) is 0 Å². The van der Waals surface area contributed by atoms with Crippen molar-refractivity contribution in [1.29, 1.82) is 0 Å². The molecule has 162 valence electrons. The van der Waals surface area contributed by atoms with Crippen molar-refractivity contribution in [3.05, 3.63) is 107 Å². The van der Waals surface area contributed by atoms with Gasteiger partial charge >= 0.3 is 5.63 Å². The highest BCUT2D eigenvalue weighted by Gasteiger charge is 2.17. The summed E-state index contributed by atoms with van der Waals surface area (Å²) >= 11 is 0. The van der Waals surface area contributed by atoms with E-state index in [9.17, 15) is 14.0 Å². The lowest BCUT2D eigenvalue weighted by Crippen LogP contribution is -2.35. The Bertz CT molecular complexity index is 1270. The summed E-state index contributed by atoms with van der Waals surface area (Å²) in [6.07, 6.45) is 0. The SMILES string of the molecule is O=C(COc1ccc2ccc(=O)oc2c1)NC(COc1ccccc1F)c1ccccc1. The van der Waals surface area contributed by atoms with E-state index in [1.807, 2.05) is 30.3 Å². The molecule has 0 aliphatic rings. The molecule has 1 N–H and O–H groups in total. The van der Waals surface area contributed by atoms with Gasteiger partial charge in [-0.1, -0.05) is 42.5 Å². The summed E-state index contributed by atoms with van der Waals surface area (Å²) in [5.41, 5.74) is 0.716. The minimum absolute atomic E-state index is 0.0395. The third-order valence-corrected chi connectivity index (χ3v) is 4.74. The average molecular weight is 433 g/mol. The highest BCUT2D eigenvalue weighted by atomic mass is 19.1. The molecule has 6 nitrogen and oxygen atoms in total. The summed E-state index contributed by atoms with van der Waals surface area (Å²) in [5, 5.41) is 3.60. The van der Waals surface area contributed by atoms with Crippen molar-refractivity contribution in [1.82, 2.24) is 5.32 Å². The van der Waals surface area contributed by atoms with Crippen LogP contribution in [0.25, 0.3) is 11.0 Å². The molecule has 0 spiro atoms. The van der Waals surface area contributed by atoms with E-state index in [1.54, 1.807) is 36.4 Å². The maximum atomic E-state index is 13.9. The van der Waals surface area contributed by atoms with Gasteiger partial charge in [0.1, 0.15) is 17.9 Å². The van der Waals surface area contributed by atoms with Gasteiger partial charge in [0.25, 0.3) is 5.91 Å². The molecule has 0 fully saturated rings. The van der Waals surface area contributed by atoms with Crippen LogP contribution < -0.4 is 20.4 Å². The highest BCUT2D eigenvalue weighted by Crippen LogP contribution is 2.21. The molecule has 1 atom stereocenters. The fraction of sp³-hybridized carbons (Fsp3) is 0.120. The van der Waals surface area contributed by atoms with Crippen molar-refractivity contribution >= 4 is 16.9 Å². The predicted octanol–water partition coefficient (Wildman–Crippen LogP) is 4.25. The van der Waals surface area contributed by atoms with Gasteiger partial charge in [-0.05, 0) is 35.9 Å². The lowest BCUT2D eigenvalue weighted by Gasteiger charge is -2.20. The average Bonchev–Trinajstić information content (AvgIpc) is 2.81. The standard InChI is InChI=1S/C25H20FNO5/c26-20-8-4-5-9-22(20)31-15-21(17-6-2-1-3-7-17)27-24(28)16-30-19-12-10-18-11-13-25(29)32-23(18)14-19/h1-14,21H,15-16H2,(H,27,28). The van der Waals surface area contributed by atoms with Gasteiger partial charge in [-0.15, -0.1) is 0 Å². The molecular weight excluding hydrogens is 413 g/mol. The second-order valence-electron chi connectivity index (χ2n) is 7.01. The Morgan fingerprint density at radius 1 is 0.938 bits per heavy atom. The summed E-state index contributed by atoms with van der Waals surface area (Å²) in [7, 11) is 0. The van der Waals surface area contributed by atoms with Crippen LogP contribution in [0.2, 0.25) is 0 Å². The van der Waals surface area contributed by atoms with Crippen molar-refractivity contribution in [3.8, 4) is 11.5 Å². The van der Waals surface area contributed by atoms with E-state index in [1.165, 1.54) is 18.2 Å². The van der Waals surface area contributed by atoms with Crippen molar-refractivity contribution in [2.45, 2.75) is 6.04 Å². The van der Waals surface area contributed by atoms with Gasteiger partial charge in [0.15, 0.2) is 18.2 Å². The number of hydrogen-bond donors (Lipinski definition) is 1. The quantitative estimate of drug-likeness (QED) is 0.421. The molecule has 0 radical (unpaired) electrons. The summed E-state index contributed by atoms with van der Waals surface area (Å²) < 4.78 is 30.2. The van der Waals surface area contributed by atoms with Crippen LogP contribution in [-0.2, 0) is 4.79 Å². The van der Waals surface area contributed by atoms with Crippen molar-refractivity contribution in [2.75, 3.05) is 13.2 Å². The lowest BCUT2D eigenvalue weighted by molar-refractivity contribution is -0.124. The number of hydrogen-bond acceptors (Lipinski definition) is 5. The number of fused-ring (bicyclic) bond motifs is 1. The van der Waals surface area contributed by atoms with Gasteiger partial charge < -0.3 is 19.2 Å². The molecule has 0 saturated heterocycles. The maximum Gasteiger partial charge on any atom is 0.336 e. The number of amides is 1. The molecule has 1 unspecified atom stereocenters. The molecule has 1 heterocycles. The molecule has 0 saturated carbocycles. The van der Waals surface area contributed by atoms with E-state index in [0.29, 0.717) is 11.3 Å². The number of carbonyl (C=O) groups is 1. The van der Waals surface area contributed by atoms with Gasteiger partial charge in [-0.25, -0.2) is 9.18 Å². The molecule has 32 heavy (non-hydrogen) atoms. The van der Waals surface area contributed by atoms with Crippen LogP contribution in [0.5, 0.6) is 11.5 Å². The Morgan fingerprint density at radius 3 is 2.50 bits per heavy atom. The highest BCUT2D eigenvalue weighted by molar-refractivity contribution is 5.79. The first-order valence-corrected chi connectivity index (χ1v) is 9.97. The Hall–Kier alpha value is -4.13. The van der Waals surface area contributed by atoms with Crippen molar-refractivity contribution < 1.29 is 23.1 Å². The second-order valence-corrected chi connectivity index (χ2v) is 7.01. The van der Waals surface area contributed by atoms with E-state index in [-0.39, 0.29) is 24.9 Å². The number of para-hydroxylation sites is 1. The van der Waals surface area contributed by atoms with Gasteiger partial charge in [0, 0.05) is 17.5 Å². The summed E-state index contributed by atoms with van der Waals surface area (Å²) in [6, 6.07) is 22.8. The van der Waals surface area contributed by atoms with Crippen LogP contribution in [0.4, 0.5) is 4.39 Å². The van der Waals surface area contributed by atoms with Gasteiger partial charge in [0.2, 0.25) is 0 Å². The van der Waals surface area contributed by atoms with Gasteiger partial charge in [0.05, 0.1) is 6.04 Å². The number of ether oxygens (including phenoxy) is 2. The first-order chi connectivity index (χ1) is 15.6. The number of halogens is 1. The van der Waals surface area contributed by atoms with Crippen LogP contribution in [0, 0.1) is 5.82 Å². The number of carbonyl (C=O) groups excluding carboxylic acids is 1. The number of nitrogens with one attached hydrogen (secondary N) is 1. The molecule has 0 aliphatic heterocycles. The zero-order valence-electron chi connectivity index (χ0n) is 17.0. The molecule has 3 aromatic carbocycles. The molecule has 0 aliphatic carbocycles. The number of benzene rings is 3. The molecule has 7 heteroatoms. The first kappa shape index (κ1) is 21.1. The molecular formula is C25H20FNO5. The molecule has 1 amide bonds. The topological polar surface area (TPSA) is 77.8 Å². The molecule has 1 aromatic heterocycles. The van der Waals surface area contributed by atoms with E-state index >= 15 is 0 Å². The molecule has 0 bridgehead atoms. The lowest BCUT2D eigenvalue weighted by atomic mass is 10.1. The Morgan fingerprint density at radius 2 is 1.69 bits per heavy atom. The minimum atomic E-state index is -0.512. The summed E-state index contributed by atoms with van der Waals surface area (Å²) in [6.45, 7) is -0.219. The van der Waals surface area contributed by atoms with Gasteiger partial charge in [-0.3, -0.25) is 4.79 Å². The van der Waals surface area contributed by atoms with E-state index < -0.39 is 17.5 Å². The predicted molar refractivity (Wildman–Crippen MR) is 117 cm³/mol. The van der Waals surface area contributed by atoms with Gasteiger partial charge in [-0.2, -0.15) is 0 Å². The summed E-state index contributed by atoms with van der Waals surface area (Å²) in [5.74, 6) is -0.361. The van der Waals surface area contributed by atoms with Crippen LogP contribution in [-0.4, -0.2) is 19.1 Å². The monoisotopic (exact) mass is 433 g/mol. The third-order valence-electron chi connectivity index (χ3n) is 4.74. The second kappa shape index (κ2) is 9.78. The molecule has 4 rings (SSSR count). The zero-order chi connectivity index (χ0) is 22.3. The maximum absolute atomic E-state index is 13.9. The fourth-order valence-corrected chi connectivity index (χ4v) is 3.16. The Labute approximate surface area is 183 Å².